The van der Waals surface area contributed by atoms with Crippen molar-refractivity contribution in [1.82, 2.24) is 10.2 Å². The number of nitrogens with zero attached hydrogens (tertiary/aromatic N) is 1. The van der Waals surface area contributed by atoms with Crippen LogP contribution < -0.4 is 5.32 Å². The molecule has 0 radical (unpaired) electrons. The largest absolute Gasteiger partial charge is 0.381 e. The molecule has 1 fully saturated rings. The van der Waals surface area contributed by atoms with Crippen LogP contribution >= 0.6 is 15.9 Å². The predicted octanol–water partition coefficient (Wildman–Crippen LogP) is 3.60. The second-order valence-electron chi connectivity index (χ2n) is 6.29. The van der Waals surface area contributed by atoms with Gasteiger partial charge in [-0.25, -0.2) is 4.79 Å². The normalized spacial score (nSPS) is 20.8. The lowest BCUT2D eigenvalue weighted by atomic mass is 9.99. The number of aryl methyl sites for hydroxylation is 1. The summed E-state index contributed by atoms with van der Waals surface area (Å²) in [4.78, 5) is 14.2. The number of ether oxygens (including phenoxy) is 1. The Kier molecular flexibility index (Phi) is 5.03. The number of hydrogen-bond donors (Lipinski definition) is 1. The maximum absolute atomic E-state index is 12.3. The van der Waals surface area contributed by atoms with E-state index in [-0.39, 0.29) is 6.03 Å². The second kappa shape index (κ2) is 7.01. The maximum Gasteiger partial charge on any atom is 0.318 e. The number of amides is 2. The Morgan fingerprint density at radius 2 is 2.32 bits per heavy atom. The summed E-state index contributed by atoms with van der Waals surface area (Å²) in [5.74, 6) is 0.599. The quantitative estimate of drug-likeness (QED) is 0.887. The lowest BCUT2D eigenvalue weighted by Gasteiger charge is -2.23. The van der Waals surface area contributed by atoms with E-state index in [1.807, 2.05) is 4.90 Å². The van der Waals surface area contributed by atoms with E-state index in [9.17, 15) is 4.79 Å². The zero-order valence-electron chi connectivity index (χ0n) is 13.0. The second-order valence-corrected chi connectivity index (χ2v) is 7.09. The topological polar surface area (TPSA) is 41.6 Å². The molecule has 1 atom stereocenters. The van der Waals surface area contributed by atoms with E-state index in [2.05, 4.69) is 40.3 Å². The van der Waals surface area contributed by atoms with E-state index < -0.39 is 0 Å². The fraction of sp³-hybridized carbons (Fsp3) is 0.588. The first-order valence-electron chi connectivity index (χ1n) is 8.02. The Balaban J connectivity index is 1.49. The standard InChI is InChI=1S/C17H23BrN2O2/c1-12-4-5-14-9-20(10-15(14)16(12)18)17(21)19-7-6-13-3-2-8-22-11-13/h4-5,13H,2-3,6-11H2,1H3,(H,19,21)/t13-/m1/s1. The molecule has 0 aliphatic carbocycles. The third kappa shape index (κ3) is 3.46. The highest BCUT2D eigenvalue weighted by Gasteiger charge is 2.25. The molecule has 2 aliphatic heterocycles. The van der Waals surface area contributed by atoms with Gasteiger partial charge in [0.1, 0.15) is 0 Å². The van der Waals surface area contributed by atoms with Gasteiger partial charge in [0.2, 0.25) is 0 Å². The number of urea groups is 1. The van der Waals surface area contributed by atoms with Crippen LogP contribution in [0.2, 0.25) is 0 Å². The average molecular weight is 367 g/mol. The van der Waals surface area contributed by atoms with Crippen molar-refractivity contribution >= 4 is 22.0 Å². The minimum Gasteiger partial charge on any atom is -0.381 e. The van der Waals surface area contributed by atoms with Crippen LogP contribution in [0.25, 0.3) is 0 Å². The number of nitrogens with one attached hydrogen (secondary N) is 1. The van der Waals surface area contributed by atoms with Gasteiger partial charge >= 0.3 is 6.03 Å². The van der Waals surface area contributed by atoms with Gasteiger partial charge in [-0.2, -0.15) is 0 Å². The number of halogens is 1. The van der Waals surface area contributed by atoms with Crippen LogP contribution in [0.1, 0.15) is 36.0 Å². The van der Waals surface area contributed by atoms with Gasteiger partial charge in [0.15, 0.2) is 0 Å². The summed E-state index contributed by atoms with van der Waals surface area (Å²) in [7, 11) is 0. The molecule has 2 amide bonds. The first-order valence-corrected chi connectivity index (χ1v) is 8.82. The van der Waals surface area contributed by atoms with Crippen LogP contribution in [0, 0.1) is 12.8 Å². The molecule has 3 rings (SSSR count). The molecule has 0 spiro atoms. The van der Waals surface area contributed by atoms with Crippen molar-refractivity contribution in [3.05, 3.63) is 33.3 Å². The Labute approximate surface area is 140 Å². The summed E-state index contributed by atoms with van der Waals surface area (Å²) < 4.78 is 6.62. The predicted molar refractivity (Wildman–Crippen MR) is 89.7 cm³/mol. The number of fused-ring (bicyclic) bond motifs is 1. The fourth-order valence-corrected chi connectivity index (χ4v) is 3.74. The van der Waals surface area contributed by atoms with Crippen LogP contribution in [-0.2, 0) is 17.8 Å². The van der Waals surface area contributed by atoms with Gasteiger partial charge < -0.3 is 15.0 Å². The molecule has 1 N–H and O–H groups in total. The van der Waals surface area contributed by atoms with Gasteiger partial charge in [-0.15, -0.1) is 0 Å². The van der Waals surface area contributed by atoms with Crippen molar-refractivity contribution in [3.63, 3.8) is 0 Å². The molecule has 2 heterocycles. The zero-order valence-corrected chi connectivity index (χ0v) is 14.6. The molecule has 1 aromatic rings. The van der Waals surface area contributed by atoms with Gasteiger partial charge in [0, 0.05) is 37.3 Å². The highest BCUT2D eigenvalue weighted by atomic mass is 79.9. The van der Waals surface area contributed by atoms with Crippen LogP contribution in [0.15, 0.2) is 16.6 Å². The van der Waals surface area contributed by atoms with Crippen LogP contribution in [0.4, 0.5) is 4.79 Å². The zero-order chi connectivity index (χ0) is 15.5. The molecule has 0 saturated carbocycles. The summed E-state index contributed by atoms with van der Waals surface area (Å²) in [6.07, 6.45) is 3.38. The first kappa shape index (κ1) is 15.8. The molecule has 0 unspecified atom stereocenters. The summed E-state index contributed by atoms with van der Waals surface area (Å²) in [5, 5.41) is 3.06. The molecular formula is C17H23BrN2O2. The van der Waals surface area contributed by atoms with Crippen LogP contribution in [0.3, 0.4) is 0 Å². The molecule has 1 aromatic carbocycles. The van der Waals surface area contributed by atoms with Gasteiger partial charge in [-0.3, -0.25) is 0 Å². The Bertz CT molecular complexity index is 556. The number of benzene rings is 1. The Morgan fingerprint density at radius 3 is 3.09 bits per heavy atom. The number of carbonyl (C=O) groups excluding carboxylic acids is 1. The lowest BCUT2D eigenvalue weighted by Crippen LogP contribution is -2.37. The molecule has 0 aromatic heterocycles. The molecule has 1 saturated heterocycles. The highest BCUT2D eigenvalue weighted by molar-refractivity contribution is 9.10. The molecular weight excluding hydrogens is 344 g/mol. The van der Waals surface area contributed by atoms with Crippen molar-refractivity contribution in [2.45, 2.75) is 39.3 Å². The van der Waals surface area contributed by atoms with Crippen molar-refractivity contribution < 1.29 is 9.53 Å². The fourth-order valence-electron chi connectivity index (χ4n) is 3.22. The van der Waals surface area contributed by atoms with E-state index >= 15 is 0 Å². The monoisotopic (exact) mass is 366 g/mol. The summed E-state index contributed by atoms with van der Waals surface area (Å²) >= 11 is 3.64. The van der Waals surface area contributed by atoms with E-state index in [0.29, 0.717) is 19.0 Å². The number of carbonyl (C=O) groups is 1. The smallest absolute Gasteiger partial charge is 0.318 e. The summed E-state index contributed by atoms with van der Waals surface area (Å²) in [6, 6.07) is 4.27. The van der Waals surface area contributed by atoms with E-state index in [4.69, 9.17) is 4.74 Å². The van der Waals surface area contributed by atoms with Gasteiger partial charge in [0.05, 0.1) is 0 Å². The molecule has 4 nitrogen and oxygen atoms in total. The molecule has 120 valence electrons. The number of rotatable bonds is 3. The first-order chi connectivity index (χ1) is 10.6. The minimum absolute atomic E-state index is 0.0393. The lowest BCUT2D eigenvalue weighted by molar-refractivity contribution is 0.0518. The van der Waals surface area contributed by atoms with Crippen molar-refractivity contribution in [3.8, 4) is 0 Å². The van der Waals surface area contributed by atoms with Gasteiger partial charge in [-0.1, -0.05) is 28.1 Å². The van der Waals surface area contributed by atoms with Crippen molar-refractivity contribution in [2.75, 3.05) is 19.8 Å². The van der Waals surface area contributed by atoms with Crippen molar-refractivity contribution in [2.24, 2.45) is 5.92 Å². The Hall–Kier alpha value is -1.07. The van der Waals surface area contributed by atoms with E-state index in [1.165, 1.54) is 23.1 Å². The highest BCUT2D eigenvalue weighted by Crippen LogP contribution is 2.31. The summed E-state index contributed by atoms with van der Waals surface area (Å²) in [5.41, 5.74) is 3.71. The molecule has 22 heavy (non-hydrogen) atoms. The molecule has 2 aliphatic rings. The average Bonchev–Trinajstić information content (AvgIpc) is 2.97. The Morgan fingerprint density at radius 1 is 1.45 bits per heavy atom. The third-order valence-corrected chi connectivity index (χ3v) is 5.72. The van der Waals surface area contributed by atoms with E-state index in [1.54, 1.807) is 0 Å². The summed E-state index contributed by atoms with van der Waals surface area (Å²) in [6.45, 7) is 5.95. The number of hydrogen-bond acceptors (Lipinski definition) is 2. The van der Waals surface area contributed by atoms with Gasteiger partial charge in [0.25, 0.3) is 0 Å². The van der Waals surface area contributed by atoms with Crippen LogP contribution in [0.5, 0.6) is 0 Å². The third-order valence-electron chi connectivity index (χ3n) is 4.61. The van der Waals surface area contributed by atoms with Crippen LogP contribution in [-0.4, -0.2) is 30.7 Å². The van der Waals surface area contributed by atoms with Crippen molar-refractivity contribution in [1.29, 1.82) is 0 Å². The van der Waals surface area contributed by atoms with E-state index in [0.717, 1.165) is 37.1 Å². The SMILES string of the molecule is Cc1ccc2c(c1Br)CN(C(=O)NCC[C@H]1CCCOC1)C2. The molecule has 5 heteroatoms. The minimum atomic E-state index is 0.0393. The molecule has 0 bridgehead atoms. The maximum atomic E-state index is 12.3. The van der Waals surface area contributed by atoms with Gasteiger partial charge in [-0.05, 0) is 48.8 Å².